The smallest absolute Gasteiger partial charge is 0.193 e. The van der Waals surface area contributed by atoms with Gasteiger partial charge in [-0.1, -0.05) is 44.2 Å². The van der Waals surface area contributed by atoms with Crippen molar-refractivity contribution in [2.24, 2.45) is 4.99 Å². The summed E-state index contributed by atoms with van der Waals surface area (Å²) >= 11 is 1.75. The molecule has 0 unspecified atom stereocenters. The fourth-order valence-corrected chi connectivity index (χ4v) is 3.25. The minimum Gasteiger partial charge on any atom is -0.357 e. The van der Waals surface area contributed by atoms with Gasteiger partial charge in [0.1, 0.15) is 0 Å². The second-order valence-corrected chi connectivity index (χ2v) is 7.05. The van der Waals surface area contributed by atoms with Crippen LogP contribution in [0.15, 0.2) is 40.7 Å². The van der Waals surface area contributed by atoms with Gasteiger partial charge < -0.3 is 10.2 Å². The number of rotatable bonds is 7. The van der Waals surface area contributed by atoms with Gasteiger partial charge in [0, 0.05) is 44.4 Å². The lowest BCUT2D eigenvalue weighted by Crippen LogP contribution is -2.38. The highest BCUT2D eigenvalue weighted by atomic mass is 127. The largest absolute Gasteiger partial charge is 0.357 e. The van der Waals surface area contributed by atoms with Crippen LogP contribution in [0.1, 0.15) is 43.0 Å². The highest BCUT2D eigenvalue weighted by Gasteiger charge is 2.08. The number of aliphatic imine (C=N–C) groups is 1. The number of nitrogens with zero attached hydrogens (tertiary/aromatic N) is 3. The molecule has 0 spiro atoms. The average molecular weight is 472 g/mol. The second kappa shape index (κ2) is 11.5. The number of thiazole rings is 1. The van der Waals surface area contributed by atoms with E-state index in [0.29, 0.717) is 5.92 Å². The molecule has 0 saturated heterocycles. The predicted molar refractivity (Wildman–Crippen MR) is 119 cm³/mol. The number of aromatic nitrogens is 1. The monoisotopic (exact) mass is 472 g/mol. The molecular weight excluding hydrogens is 443 g/mol. The van der Waals surface area contributed by atoms with E-state index >= 15 is 0 Å². The molecule has 2 aromatic rings. The van der Waals surface area contributed by atoms with E-state index in [0.717, 1.165) is 37.7 Å². The first kappa shape index (κ1) is 21.9. The van der Waals surface area contributed by atoms with Crippen molar-refractivity contribution in [1.29, 1.82) is 0 Å². The Morgan fingerprint density at radius 1 is 1.28 bits per heavy atom. The van der Waals surface area contributed by atoms with Crippen LogP contribution in [0.3, 0.4) is 0 Å². The van der Waals surface area contributed by atoms with Crippen LogP contribution < -0.4 is 5.32 Å². The normalized spacial score (nSPS) is 11.3. The Labute approximate surface area is 172 Å². The summed E-state index contributed by atoms with van der Waals surface area (Å²) in [6, 6.07) is 10.5. The number of nitrogens with one attached hydrogen (secondary N) is 1. The third-order valence-electron chi connectivity index (χ3n) is 3.65. The summed E-state index contributed by atoms with van der Waals surface area (Å²) in [5.41, 5.74) is 2.43. The van der Waals surface area contributed by atoms with Crippen molar-refractivity contribution in [3.8, 4) is 0 Å². The van der Waals surface area contributed by atoms with Crippen molar-refractivity contribution in [3.05, 3.63) is 52.0 Å². The zero-order chi connectivity index (χ0) is 17.4. The number of guanidine groups is 1. The molecule has 0 atom stereocenters. The van der Waals surface area contributed by atoms with E-state index in [1.54, 1.807) is 11.3 Å². The summed E-state index contributed by atoms with van der Waals surface area (Å²) in [7, 11) is 2.08. The average Bonchev–Trinajstić information content (AvgIpc) is 3.04. The van der Waals surface area contributed by atoms with Crippen molar-refractivity contribution >= 4 is 41.3 Å². The van der Waals surface area contributed by atoms with Crippen LogP contribution in [0.25, 0.3) is 0 Å². The topological polar surface area (TPSA) is 40.5 Å². The minimum atomic E-state index is 0. The van der Waals surface area contributed by atoms with E-state index in [9.17, 15) is 0 Å². The van der Waals surface area contributed by atoms with E-state index < -0.39 is 0 Å². The van der Waals surface area contributed by atoms with Crippen LogP contribution in [0.4, 0.5) is 0 Å². The van der Waals surface area contributed by atoms with Crippen molar-refractivity contribution < 1.29 is 0 Å². The highest BCUT2D eigenvalue weighted by molar-refractivity contribution is 14.0. The quantitative estimate of drug-likeness (QED) is 0.366. The molecule has 0 aliphatic carbocycles. The van der Waals surface area contributed by atoms with Gasteiger partial charge in [0.25, 0.3) is 0 Å². The Bertz CT molecular complexity index is 640. The van der Waals surface area contributed by atoms with Gasteiger partial charge in [-0.05, 0) is 12.5 Å². The Hall–Kier alpha value is -1.15. The number of benzene rings is 1. The van der Waals surface area contributed by atoms with Crippen molar-refractivity contribution in [2.45, 2.75) is 39.7 Å². The van der Waals surface area contributed by atoms with Crippen LogP contribution in [0, 0.1) is 0 Å². The van der Waals surface area contributed by atoms with Gasteiger partial charge in [0.15, 0.2) is 5.96 Å². The van der Waals surface area contributed by atoms with Crippen LogP contribution in [-0.4, -0.2) is 36.0 Å². The molecule has 4 nitrogen and oxygen atoms in total. The fourth-order valence-electron chi connectivity index (χ4n) is 2.38. The van der Waals surface area contributed by atoms with E-state index in [4.69, 9.17) is 4.99 Å². The molecule has 0 amide bonds. The second-order valence-electron chi connectivity index (χ2n) is 6.16. The third kappa shape index (κ3) is 7.32. The highest BCUT2D eigenvalue weighted by Crippen LogP contribution is 2.19. The minimum absolute atomic E-state index is 0. The maximum Gasteiger partial charge on any atom is 0.193 e. The molecule has 1 aromatic heterocycles. The lowest BCUT2D eigenvalue weighted by molar-refractivity contribution is 0.477. The van der Waals surface area contributed by atoms with E-state index in [-0.39, 0.29) is 24.0 Å². The fraction of sp³-hybridized carbons (Fsp3) is 0.474. The SMILES string of the molecule is CCNC(=NCCc1csc(C(C)C)n1)N(C)Cc1ccccc1.I. The first-order valence-electron chi connectivity index (χ1n) is 8.57. The third-order valence-corrected chi connectivity index (χ3v) is 4.85. The van der Waals surface area contributed by atoms with Crippen LogP contribution in [0.5, 0.6) is 0 Å². The molecule has 0 saturated carbocycles. The molecule has 0 fully saturated rings. The maximum absolute atomic E-state index is 4.76. The summed E-state index contributed by atoms with van der Waals surface area (Å²) in [5, 5.41) is 6.74. The molecule has 1 N–H and O–H groups in total. The van der Waals surface area contributed by atoms with Crippen molar-refractivity contribution in [1.82, 2.24) is 15.2 Å². The molecule has 25 heavy (non-hydrogen) atoms. The number of hydrogen-bond acceptors (Lipinski definition) is 3. The molecule has 0 bridgehead atoms. The molecule has 0 radical (unpaired) electrons. The Balaban J connectivity index is 0.00000312. The first-order valence-corrected chi connectivity index (χ1v) is 9.45. The zero-order valence-corrected chi connectivity index (χ0v) is 18.7. The van der Waals surface area contributed by atoms with Crippen molar-refractivity contribution in [3.63, 3.8) is 0 Å². The lowest BCUT2D eigenvalue weighted by atomic mass is 10.2. The van der Waals surface area contributed by atoms with Crippen LogP contribution in [0.2, 0.25) is 0 Å². The molecule has 2 rings (SSSR count). The Kier molecular flexibility index (Phi) is 10.0. The maximum atomic E-state index is 4.76. The van der Waals surface area contributed by atoms with Crippen molar-refractivity contribution in [2.75, 3.05) is 20.1 Å². The summed E-state index contributed by atoms with van der Waals surface area (Å²) < 4.78 is 0. The lowest BCUT2D eigenvalue weighted by Gasteiger charge is -2.22. The molecule has 1 heterocycles. The predicted octanol–water partition coefficient (Wildman–Crippen LogP) is 4.52. The summed E-state index contributed by atoms with van der Waals surface area (Å²) in [6.45, 7) is 8.93. The van der Waals surface area contributed by atoms with Gasteiger partial charge >= 0.3 is 0 Å². The molecule has 0 aliphatic rings. The number of hydrogen-bond donors (Lipinski definition) is 1. The van der Waals surface area contributed by atoms with E-state index in [2.05, 4.69) is 72.7 Å². The summed E-state index contributed by atoms with van der Waals surface area (Å²) in [4.78, 5) is 11.6. The first-order chi connectivity index (χ1) is 11.6. The Morgan fingerprint density at radius 3 is 2.60 bits per heavy atom. The zero-order valence-electron chi connectivity index (χ0n) is 15.5. The number of halogens is 1. The van der Waals surface area contributed by atoms with Crippen LogP contribution in [-0.2, 0) is 13.0 Å². The molecular formula is C19H29IN4S. The summed E-state index contributed by atoms with van der Waals surface area (Å²) in [6.07, 6.45) is 0.886. The van der Waals surface area contributed by atoms with E-state index in [1.165, 1.54) is 10.6 Å². The van der Waals surface area contributed by atoms with Gasteiger partial charge in [-0.3, -0.25) is 4.99 Å². The standard InChI is InChI=1S/C19H28N4S.HI/c1-5-20-19(23(4)13-16-9-7-6-8-10-16)21-12-11-17-14-24-18(22-17)15(2)3;/h6-10,14-15H,5,11-13H2,1-4H3,(H,20,21);1H. The Morgan fingerprint density at radius 2 is 2.00 bits per heavy atom. The van der Waals surface area contributed by atoms with Crippen LogP contribution >= 0.6 is 35.3 Å². The van der Waals surface area contributed by atoms with Gasteiger partial charge in [0.05, 0.1) is 10.7 Å². The van der Waals surface area contributed by atoms with Gasteiger partial charge in [-0.25, -0.2) is 4.98 Å². The van der Waals surface area contributed by atoms with Gasteiger partial charge in [0.2, 0.25) is 0 Å². The van der Waals surface area contributed by atoms with Gasteiger partial charge in [-0.2, -0.15) is 0 Å². The molecule has 0 aliphatic heterocycles. The summed E-state index contributed by atoms with van der Waals surface area (Å²) in [5.74, 6) is 1.45. The molecule has 6 heteroatoms. The molecule has 138 valence electrons. The molecule has 1 aromatic carbocycles. The van der Waals surface area contributed by atoms with E-state index in [1.807, 2.05) is 6.07 Å². The van der Waals surface area contributed by atoms with Gasteiger partial charge in [-0.15, -0.1) is 35.3 Å².